The third-order valence-electron chi connectivity index (χ3n) is 3.62. The Morgan fingerprint density at radius 1 is 1.21 bits per heavy atom. The molecule has 0 aromatic heterocycles. The summed E-state index contributed by atoms with van der Waals surface area (Å²) in [4.78, 5) is 26.9. The molecule has 0 aromatic carbocycles. The van der Waals surface area contributed by atoms with Gasteiger partial charge in [-0.3, -0.25) is 9.69 Å². The second-order valence-corrected chi connectivity index (χ2v) is 6.35. The van der Waals surface area contributed by atoms with E-state index in [-0.39, 0.29) is 18.1 Å². The van der Waals surface area contributed by atoms with Crippen LogP contribution in [0.1, 0.15) is 27.2 Å². The molecule has 19 heavy (non-hydrogen) atoms. The van der Waals surface area contributed by atoms with Crippen LogP contribution in [0.15, 0.2) is 0 Å². The summed E-state index contributed by atoms with van der Waals surface area (Å²) in [6, 6.07) is 0.155. The molecule has 108 valence electrons. The maximum absolute atomic E-state index is 12.0. The molecule has 0 aliphatic carbocycles. The average molecular weight is 270 g/mol. The normalized spacial score (nSPS) is 28.1. The van der Waals surface area contributed by atoms with E-state index in [0.29, 0.717) is 26.1 Å². The number of amides is 1. The minimum Gasteiger partial charge on any atom is -0.481 e. The Morgan fingerprint density at radius 2 is 1.89 bits per heavy atom. The summed E-state index contributed by atoms with van der Waals surface area (Å²) < 4.78 is 5.35. The van der Waals surface area contributed by atoms with E-state index >= 15 is 0 Å². The van der Waals surface area contributed by atoms with Gasteiger partial charge in [0, 0.05) is 32.2 Å². The predicted octanol–water partition coefficient (Wildman–Crippen LogP) is 1.01. The Labute approximate surface area is 113 Å². The molecule has 0 aromatic rings. The molecule has 0 saturated carbocycles. The first-order chi connectivity index (χ1) is 8.76. The van der Waals surface area contributed by atoms with Crippen LogP contribution in [0.4, 0.5) is 4.79 Å². The van der Waals surface area contributed by atoms with Crippen LogP contribution in [-0.4, -0.2) is 64.8 Å². The number of carbonyl (C=O) groups excluding carboxylic acids is 1. The van der Waals surface area contributed by atoms with Crippen molar-refractivity contribution in [2.75, 3.05) is 26.2 Å². The molecule has 2 saturated heterocycles. The van der Waals surface area contributed by atoms with Crippen molar-refractivity contribution in [2.45, 2.75) is 38.8 Å². The van der Waals surface area contributed by atoms with Crippen LogP contribution in [0, 0.1) is 5.92 Å². The Bertz CT molecular complexity index is 377. The van der Waals surface area contributed by atoms with Crippen molar-refractivity contribution in [3.05, 3.63) is 0 Å². The molecule has 0 radical (unpaired) electrons. The summed E-state index contributed by atoms with van der Waals surface area (Å²) >= 11 is 0. The molecule has 1 N–H and O–H groups in total. The van der Waals surface area contributed by atoms with Crippen molar-refractivity contribution in [1.29, 1.82) is 0 Å². The monoisotopic (exact) mass is 270 g/mol. The highest BCUT2D eigenvalue weighted by Gasteiger charge is 2.40. The van der Waals surface area contributed by atoms with Crippen molar-refractivity contribution >= 4 is 12.1 Å². The van der Waals surface area contributed by atoms with Gasteiger partial charge in [-0.1, -0.05) is 0 Å². The van der Waals surface area contributed by atoms with Gasteiger partial charge in [-0.05, 0) is 27.2 Å². The highest BCUT2D eigenvalue weighted by Crippen LogP contribution is 2.27. The number of aliphatic carboxylic acids is 1. The van der Waals surface area contributed by atoms with E-state index in [4.69, 9.17) is 9.84 Å². The topological polar surface area (TPSA) is 70.1 Å². The summed E-state index contributed by atoms with van der Waals surface area (Å²) in [5.74, 6) is -1.04. The summed E-state index contributed by atoms with van der Waals surface area (Å²) in [6.45, 7) is 8.04. The number of nitrogens with zero attached hydrogens (tertiary/aromatic N) is 2. The zero-order valence-corrected chi connectivity index (χ0v) is 11.8. The number of hydrogen-bond donors (Lipinski definition) is 1. The molecular formula is C13H22N2O4. The molecule has 2 fully saturated rings. The molecule has 6 heteroatoms. The van der Waals surface area contributed by atoms with Crippen LogP contribution < -0.4 is 0 Å². The third-order valence-corrected chi connectivity index (χ3v) is 3.62. The van der Waals surface area contributed by atoms with E-state index in [1.807, 2.05) is 20.8 Å². The Balaban J connectivity index is 1.92. The summed E-state index contributed by atoms with van der Waals surface area (Å²) in [7, 11) is 0. The van der Waals surface area contributed by atoms with Crippen LogP contribution in [-0.2, 0) is 9.53 Å². The maximum Gasteiger partial charge on any atom is 0.410 e. The zero-order chi connectivity index (χ0) is 14.2. The first-order valence-corrected chi connectivity index (χ1v) is 6.71. The molecule has 2 aliphatic heterocycles. The third kappa shape index (κ3) is 3.37. The molecule has 0 spiro atoms. The van der Waals surface area contributed by atoms with Gasteiger partial charge >= 0.3 is 12.1 Å². The van der Waals surface area contributed by atoms with E-state index < -0.39 is 11.6 Å². The summed E-state index contributed by atoms with van der Waals surface area (Å²) in [5, 5.41) is 9.06. The van der Waals surface area contributed by atoms with Crippen molar-refractivity contribution in [3.63, 3.8) is 0 Å². The lowest BCUT2D eigenvalue weighted by Crippen LogP contribution is -2.53. The molecule has 1 amide bonds. The lowest BCUT2D eigenvalue weighted by Gasteiger charge is -2.37. The van der Waals surface area contributed by atoms with E-state index in [2.05, 4.69) is 4.90 Å². The fourth-order valence-electron chi connectivity index (χ4n) is 2.71. The quantitative estimate of drug-likeness (QED) is 0.770. The summed E-state index contributed by atoms with van der Waals surface area (Å²) in [5.41, 5.74) is -0.493. The first kappa shape index (κ1) is 14.1. The number of rotatable bonds is 1. The van der Waals surface area contributed by atoms with Gasteiger partial charge in [-0.25, -0.2) is 4.79 Å². The standard InChI is InChI=1S/C13H22N2O4/c1-13(2,3)19-12(18)15-5-4-14-7-9(11(16)17)6-10(14)8-15/h9-10H,4-8H2,1-3H3,(H,16,17)/t9-,10-/m0/s1. The molecule has 2 aliphatic rings. The van der Waals surface area contributed by atoms with Crippen LogP contribution >= 0.6 is 0 Å². The Morgan fingerprint density at radius 3 is 2.47 bits per heavy atom. The molecule has 2 atom stereocenters. The SMILES string of the molecule is CC(C)(C)OC(=O)N1CCN2C[C@@H](C(=O)O)C[C@H]2C1. The van der Waals surface area contributed by atoms with Crippen LogP contribution in [0.2, 0.25) is 0 Å². The highest BCUT2D eigenvalue weighted by molar-refractivity contribution is 5.71. The van der Waals surface area contributed by atoms with E-state index in [1.54, 1.807) is 4.90 Å². The molecular weight excluding hydrogens is 248 g/mol. The van der Waals surface area contributed by atoms with Crippen molar-refractivity contribution in [2.24, 2.45) is 5.92 Å². The van der Waals surface area contributed by atoms with Gasteiger partial charge in [0.1, 0.15) is 5.60 Å². The number of ether oxygens (including phenoxy) is 1. The minimum atomic E-state index is -0.738. The van der Waals surface area contributed by atoms with Gasteiger partial charge in [0.15, 0.2) is 0 Å². The number of fused-ring (bicyclic) bond motifs is 1. The van der Waals surface area contributed by atoms with Crippen molar-refractivity contribution in [1.82, 2.24) is 9.80 Å². The zero-order valence-electron chi connectivity index (χ0n) is 11.8. The number of carboxylic acid groups (broad SMARTS) is 1. The number of carboxylic acids is 1. The van der Waals surface area contributed by atoms with Gasteiger partial charge in [0.25, 0.3) is 0 Å². The van der Waals surface area contributed by atoms with Gasteiger partial charge in [0.05, 0.1) is 5.92 Å². The van der Waals surface area contributed by atoms with E-state index in [0.717, 1.165) is 6.54 Å². The van der Waals surface area contributed by atoms with Gasteiger partial charge in [0.2, 0.25) is 0 Å². The highest BCUT2D eigenvalue weighted by atomic mass is 16.6. The van der Waals surface area contributed by atoms with Crippen LogP contribution in [0.5, 0.6) is 0 Å². The second kappa shape index (κ2) is 5.00. The summed E-state index contributed by atoms with van der Waals surface area (Å²) in [6.07, 6.45) is 0.320. The second-order valence-electron chi connectivity index (χ2n) is 6.35. The van der Waals surface area contributed by atoms with Gasteiger partial charge in [-0.15, -0.1) is 0 Å². The van der Waals surface area contributed by atoms with Gasteiger partial charge in [-0.2, -0.15) is 0 Å². The predicted molar refractivity (Wildman–Crippen MR) is 68.9 cm³/mol. The van der Waals surface area contributed by atoms with Crippen molar-refractivity contribution < 1.29 is 19.4 Å². The fourth-order valence-corrected chi connectivity index (χ4v) is 2.71. The number of hydrogen-bond acceptors (Lipinski definition) is 4. The largest absolute Gasteiger partial charge is 0.481 e. The Kier molecular flexibility index (Phi) is 3.71. The van der Waals surface area contributed by atoms with E-state index in [9.17, 15) is 9.59 Å². The molecule has 2 heterocycles. The van der Waals surface area contributed by atoms with E-state index in [1.165, 1.54) is 0 Å². The average Bonchev–Trinajstić information content (AvgIpc) is 2.69. The molecule has 2 rings (SSSR count). The number of piperazine rings is 1. The maximum atomic E-state index is 12.0. The van der Waals surface area contributed by atoms with Crippen LogP contribution in [0.25, 0.3) is 0 Å². The molecule has 0 unspecified atom stereocenters. The fraction of sp³-hybridized carbons (Fsp3) is 0.846. The lowest BCUT2D eigenvalue weighted by molar-refractivity contribution is -0.141. The molecule has 6 nitrogen and oxygen atoms in total. The lowest BCUT2D eigenvalue weighted by atomic mass is 10.1. The van der Waals surface area contributed by atoms with Crippen LogP contribution in [0.3, 0.4) is 0 Å². The van der Waals surface area contributed by atoms with Gasteiger partial charge < -0.3 is 14.7 Å². The molecule has 0 bridgehead atoms. The smallest absolute Gasteiger partial charge is 0.410 e. The minimum absolute atomic E-state index is 0.155. The first-order valence-electron chi connectivity index (χ1n) is 6.71. The Hall–Kier alpha value is -1.30. The number of carbonyl (C=O) groups is 2. The van der Waals surface area contributed by atoms with Crippen molar-refractivity contribution in [3.8, 4) is 0 Å².